The van der Waals surface area contributed by atoms with Crippen molar-refractivity contribution in [3.05, 3.63) is 64.8 Å². The Hall–Kier alpha value is -2.59. The minimum absolute atomic E-state index is 0.0680. The van der Waals surface area contributed by atoms with Gasteiger partial charge in [-0.3, -0.25) is 9.59 Å². The van der Waals surface area contributed by atoms with E-state index < -0.39 is 0 Å². The Balaban J connectivity index is 1.72. The number of carbonyl (C=O) groups is 2. The van der Waals surface area contributed by atoms with Crippen LogP contribution in [0.1, 0.15) is 74.3 Å². The number of halogens is 1. The summed E-state index contributed by atoms with van der Waals surface area (Å²) in [4.78, 5) is 28.8. The predicted molar refractivity (Wildman–Crippen MR) is 124 cm³/mol. The highest BCUT2D eigenvalue weighted by atomic mass is 35.5. The van der Waals surface area contributed by atoms with E-state index >= 15 is 0 Å². The van der Waals surface area contributed by atoms with E-state index in [1.807, 2.05) is 24.3 Å². The fraction of sp³-hybridized carbons (Fsp3) is 0.360. The number of hydrogen-bond acceptors (Lipinski definition) is 2. The standard InChI is InChI=1S/C25H29ClN2O2/c1-2-3-4-5-6-7-11-14-22(29)28-23-20-16-15-19(26)17-21(20)27-24(23)25(30)18-12-9-8-10-13-18/h8-10,12-13,15-17,27H,2-7,11,14H2,1H3,(H,28,29). The van der Waals surface area contributed by atoms with Crippen molar-refractivity contribution in [2.24, 2.45) is 0 Å². The van der Waals surface area contributed by atoms with Crippen LogP contribution in [0.25, 0.3) is 10.9 Å². The lowest BCUT2D eigenvalue weighted by atomic mass is 10.1. The van der Waals surface area contributed by atoms with Gasteiger partial charge < -0.3 is 10.3 Å². The van der Waals surface area contributed by atoms with Gasteiger partial charge in [0, 0.05) is 27.9 Å². The number of ketones is 1. The monoisotopic (exact) mass is 424 g/mol. The number of rotatable bonds is 11. The molecule has 0 atom stereocenters. The molecule has 1 heterocycles. The third-order valence-corrected chi connectivity index (χ3v) is 5.53. The van der Waals surface area contributed by atoms with Gasteiger partial charge in [-0.05, 0) is 24.6 Å². The Kier molecular flexibility index (Phi) is 8.09. The van der Waals surface area contributed by atoms with Crippen LogP contribution in [0.4, 0.5) is 5.69 Å². The number of aromatic amines is 1. The van der Waals surface area contributed by atoms with Gasteiger partial charge in [-0.15, -0.1) is 0 Å². The Labute approximate surface area is 183 Å². The van der Waals surface area contributed by atoms with Gasteiger partial charge in [-0.2, -0.15) is 0 Å². The number of amides is 1. The number of unbranched alkanes of at least 4 members (excludes halogenated alkanes) is 6. The molecular weight excluding hydrogens is 396 g/mol. The van der Waals surface area contributed by atoms with Crippen molar-refractivity contribution in [3.8, 4) is 0 Å². The van der Waals surface area contributed by atoms with E-state index in [0.29, 0.717) is 28.4 Å². The molecule has 0 saturated carbocycles. The van der Waals surface area contributed by atoms with Crippen LogP contribution < -0.4 is 5.32 Å². The number of nitrogens with one attached hydrogen (secondary N) is 2. The molecule has 3 aromatic rings. The molecule has 30 heavy (non-hydrogen) atoms. The van der Waals surface area contributed by atoms with Crippen molar-refractivity contribution in [3.63, 3.8) is 0 Å². The molecule has 5 heteroatoms. The van der Waals surface area contributed by atoms with Crippen LogP contribution >= 0.6 is 11.6 Å². The number of anilines is 1. The third-order valence-electron chi connectivity index (χ3n) is 5.30. The van der Waals surface area contributed by atoms with Crippen molar-refractivity contribution in [1.82, 2.24) is 4.98 Å². The molecule has 0 aliphatic rings. The van der Waals surface area contributed by atoms with Crippen molar-refractivity contribution in [2.45, 2.75) is 58.3 Å². The quantitative estimate of drug-likeness (QED) is 0.254. The highest BCUT2D eigenvalue weighted by Crippen LogP contribution is 2.31. The average Bonchev–Trinajstić information content (AvgIpc) is 3.10. The van der Waals surface area contributed by atoms with E-state index in [1.54, 1.807) is 24.3 Å². The van der Waals surface area contributed by atoms with Gasteiger partial charge in [0.15, 0.2) is 0 Å². The molecule has 0 spiro atoms. The van der Waals surface area contributed by atoms with Gasteiger partial charge in [0.25, 0.3) is 0 Å². The van der Waals surface area contributed by atoms with Crippen molar-refractivity contribution < 1.29 is 9.59 Å². The Morgan fingerprint density at radius 2 is 1.63 bits per heavy atom. The van der Waals surface area contributed by atoms with E-state index in [9.17, 15) is 9.59 Å². The zero-order valence-electron chi connectivity index (χ0n) is 17.5. The minimum atomic E-state index is -0.158. The van der Waals surface area contributed by atoms with Gasteiger partial charge in [0.05, 0.1) is 5.69 Å². The molecular formula is C25H29ClN2O2. The number of carbonyl (C=O) groups excluding carboxylic acids is 2. The van der Waals surface area contributed by atoms with Crippen LogP contribution in [0.3, 0.4) is 0 Å². The first-order valence-corrected chi connectivity index (χ1v) is 11.2. The maximum atomic E-state index is 13.1. The molecule has 0 saturated heterocycles. The second-order valence-electron chi connectivity index (χ2n) is 7.68. The first-order valence-electron chi connectivity index (χ1n) is 10.8. The number of hydrogen-bond donors (Lipinski definition) is 2. The molecule has 2 aromatic carbocycles. The topological polar surface area (TPSA) is 62.0 Å². The molecule has 0 radical (unpaired) electrons. The number of H-pyrrole nitrogens is 1. The van der Waals surface area contributed by atoms with E-state index in [1.165, 1.54) is 25.7 Å². The summed E-state index contributed by atoms with van der Waals surface area (Å²) < 4.78 is 0. The van der Waals surface area contributed by atoms with E-state index in [-0.39, 0.29) is 11.7 Å². The molecule has 4 nitrogen and oxygen atoms in total. The summed E-state index contributed by atoms with van der Waals surface area (Å²) in [5.41, 5.74) is 2.21. The smallest absolute Gasteiger partial charge is 0.224 e. The Morgan fingerprint density at radius 1 is 0.933 bits per heavy atom. The largest absolute Gasteiger partial charge is 0.350 e. The van der Waals surface area contributed by atoms with Crippen LogP contribution in [0.2, 0.25) is 5.02 Å². The molecule has 1 amide bonds. The summed E-state index contributed by atoms with van der Waals surface area (Å²) in [6.45, 7) is 2.21. The third kappa shape index (κ3) is 5.73. The molecule has 0 unspecified atom stereocenters. The second-order valence-corrected chi connectivity index (χ2v) is 8.12. The van der Waals surface area contributed by atoms with Crippen LogP contribution in [0.5, 0.6) is 0 Å². The summed E-state index contributed by atoms with van der Waals surface area (Å²) in [5.74, 6) is -0.226. The van der Waals surface area contributed by atoms with E-state index in [4.69, 9.17) is 11.6 Å². The first-order chi connectivity index (χ1) is 14.6. The maximum Gasteiger partial charge on any atom is 0.224 e. The van der Waals surface area contributed by atoms with Gasteiger partial charge in [-0.1, -0.05) is 87.4 Å². The first kappa shape index (κ1) is 22.1. The molecule has 1 aromatic heterocycles. The van der Waals surface area contributed by atoms with Crippen molar-refractivity contribution in [1.29, 1.82) is 0 Å². The predicted octanol–water partition coefficient (Wildman–Crippen LogP) is 7.13. The van der Waals surface area contributed by atoms with Gasteiger partial charge in [-0.25, -0.2) is 0 Å². The van der Waals surface area contributed by atoms with Gasteiger partial charge >= 0.3 is 0 Å². The van der Waals surface area contributed by atoms with Crippen LogP contribution in [-0.4, -0.2) is 16.7 Å². The number of fused-ring (bicyclic) bond motifs is 1. The lowest BCUT2D eigenvalue weighted by molar-refractivity contribution is -0.116. The second kappa shape index (κ2) is 11.0. The highest BCUT2D eigenvalue weighted by molar-refractivity contribution is 6.31. The highest BCUT2D eigenvalue weighted by Gasteiger charge is 2.21. The molecule has 2 N–H and O–H groups in total. The lowest BCUT2D eigenvalue weighted by Crippen LogP contribution is -2.14. The van der Waals surface area contributed by atoms with Crippen molar-refractivity contribution >= 4 is 39.9 Å². The summed E-state index contributed by atoms with van der Waals surface area (Å²) in [5, 5.41) is 4.34. The normalized spacial score (nSPS) is 11.0. The number of aromatic nitrogens is 1. The average molecular weight is 425 g/mol. The molecule has 0 fully saturated rings. The van der Waals surface area contributed by atoms with Crippen LogP contribution in [0.15, 0.2) is 48.5 Å². The zero-order valence-corrected chi connectivity index (χ0v) is 18.2. The van der Waals surface area contributed by atoms with Gasteiger partial charge in [0.1, 0.15) is 5.69 Å². The van der Waals surface area contributed by atoms with E-state index in [0.717, 1.165) is 30.2 Å². The summed E-state index contributed by atoms with van der Waals surface area (Å²) in [6.07, 6.45) is 8.54. The Morgan fingerprint density at radius 3 is 2.37 bits per heavy atom. The van der Waals surface area contributed by atoms with E-state index in [2.05, 4.69) is 17.2 Å². The molecule has 158 valence electrons. The molecule has 0 bridgehead atoms. The molecule has 3 rings (SSSR count). The lowest BCUT2D eigenvalue weighted by Gasteiger charge is -2.08. The van der Waals surface area contributed by atoms with Crippen molar-refractivity contribution in [2.75, 3.05) is 5.32 Å². The molecule has 0 aliphatic carbocycles. The van der Waals surface area contributed by atoms with Crippen LogP contribution in [0, 0.1) is 0 Å². The van der Waals surface area contributed by atoms with Gasteiger partial charge in [0.2, 0.25) is 11.7 Å². The fourth-order valence-electron chi connectivity index (χ4n) is 3.65. The van der Waals surface area contributed by atoms with Crippen LogP contribution in [-0.2, 0) is 4.79 Å². The summed E-state index contributed by atoms with van der Waals surface area (Å²) in [6, 6.07) is 14.4. The fourth-order valence-corrected chi connectivity index (χ4v) is 3.82. The summed E-state index contributed by atoms with van der Waals surface area (Å²) in [7, 11) is 0. The zero-order chi connectivity index (χ0) is 21.3. The molecule has 0 aliphatic heterocycles. The minimum Gasteiger partial charge on any atom is -0.350 e. The summed E-state index contributed by atoms with van der Waals surface area (Å²) >= 11 is 6.12. The SMILES string of the molecule is CCCCCCCCCC(=O)Nc1c(C(=O)c2ccccc2)[nH]c2cc(Cl)ccc12. The number of benzene rings is 2. The Bertz CT molecular complexity index is 995. The maximum absolute atomic E-state index is 13.1.